The van der Waals surface area contributed by atoms with Gasteiger partial charge in [-0.25, -0.2) is 0 Å². The van der Waals surface area contributed by atoms with Crippen LogP contribution < -0.4 is 10.2 Å². The third kappa shape index (κ3) is 5.00. The number of likely N-dealkylation sites (tertiary alicyclic amines) is 1. The van der Waals surface area contributed by atoms with Crippen LogP contribution in [0.2, 0.25) is 0 Å². The first-order valence-corrected chi connectivity index (χ1v) is 12.7. The highest BCUT2D eigenvalue weighted by Gasteiger charge is 2.26. The minimum Gasteiger partial charge on any atom is -0.371 e. The summed E-state index contributed by atoms with van der Waals surface area (Å²) in [6.45, 7) is 9.33. The molecule has 4 nitrogen and oxygen atoms in total. The average molecular weight is 441 g/mol. The number of nitriles is 1. The maximum absolute atomic E-state index is 9.19. The van der Waals surface area contributed by atoms with Gasteiger partial charge in [-0.2, -0.15) is 5.26 Å². The summed E-state index contributed by atoms with van der Waals surface area (Å²) >= 11 is 0. The lowest BCUT2D eigenvalue weighted by Gasteiger charge is -2.39. The second-order valence-electron chi connectivity index (χ2n) is 10.3. The van der Waals surface area contributed by atoms with E-state index in [0.29, 0.717) is 18.1 Å². The number of allylic oxidation sites excluding steroid dienone is 1. The number of hydrogen-bond donors (Lipinski definition) is 1. The lowest BCUT2D eigenvalue weighted by atomic mass is 9.98. The van der Waals surface area contributed by atoms with Crippen LogP contribution in [0.3, 0.4) is 0 Å². The molecule has 2 fully saturated rings. The highest BCUT2D eigenvalue weighted by atomic mass is 15.2. The summed E-state index contributed by atoms with van der Waals surface area (Å²) in [4.78, 5) is 5.16. The maximum Gasteiger partial charge on any atom is 0.0991 e. The Morgan fingerprint density at radius 2 is 1.67 bits per heavy atom. The first kappa shape index (κ1) is 22.2. The van der Waals surface area contributed by atoms with E-state index in [-0.39, 0.29) is 0 Å². The smallest absolute Gasteiger partial charge is 0.0991 e. The molecule has 0 atom stereocenters. The van der Waals surface area contributed by atoms with Crippen LogP contribution in [-0.2, 0) is 6.42 Å². The van der Waals surface area contributed by atoms with Crippen LogP contribution in [0.1, 0.15) is 61.8 Å². The Kier molecular flexibility index (Phi) is 6.53. The van der Waals surface area contributed by atoms with Gasteiger partial charge in [-0.05, 0) is 106 Å². The molecule has 0 aromatic heterocycles. The van der Waals surface area contributed by atoms with Gasteiger partial charge in [0.25, 0.3) is 0 Å². The zero-order valence-electron chi connectivity index (χ0n) is 20.1. The third-order valence-electron chi connectivity index (χ3n) is 7.79. The third-order valence-corrected chi connectivity index (χ3v) is 7.79. The molecular formula is C29H36N4. The number of benzene rings is 2. The molecule has 2 aromatic rings. The molecule has 3 aliphatic rings. The van der Waals surface area contributed by atoms with Crippen LogP contribution in [0, 0.1) is 11.3 Å². The van der Waals surface area contributed by atoms with Crippen molar-refractivity contribution in [1.29, 1.82) is 5.26 Å². The quantitative estimate of drug-likeness (QED) is 0.704. The van der Waals surface area contributed by atoms with Crippen LogP contribution in [0.15, 0.2) is 42.5 Å². The molecule has 0 amide bonds. The molecule has 33 heavy (non-hydrogen) atoms. The van der Waals surface area contributed by atoms with E-state index >= 15 is 0 Å². The Balaban J connectivity index is 1.17. The summed E-state index contributed by atoms with van der Waals surface area (Å²) in [6, 6.07) is 19.4. The Morgan fingerprint density at radius 3 is 2.36 bits per heavy atom. The fourth-order valence-electron chi connectivity index (χ4n) is 5.71. The van der Waals surface area contributed by atoms with Crippen LogP contribution in [0.5, 0.6) is 0 Å². The van der Waals surface area contributed by atoms with Crippen molar-refractivity contribution >= 4 is 17.3 Å². The minimum absolute atomic E-state index is 0.654. The van der Waals surface area contributed by atoms with Gasteiger partial charge in [-0.1, -0.05) is 24.3 Å². The number of hydrogen-bond acceptors (Lipinski definition) is 4. The van der Waals surface area contributed by atoms with Gasteiger partial charge >= 0.3 is 0 Å². The number of piperidine rings is 2. The van der Waals surface area contributed by atoms with E-state index in [0.717, 1.165) is 25.1 Å². The lowest BCUT2D eigenvalue weighted by molar-refractivity contribution is 0.154. The molecule has 0 bridgehead atoms. The predicted molar refractivity (Wildman–Crippen MR) is 137 cm³/mol. The molecular weight excluding hydrogens is 404 g/mol. The van der Waals surface area contributed by atoms with Gasteiger partial charge in [0.15, 0.2) is 0 Å². The molecule has 2 saturated heterocycles. The van der Waals surface area contributed by atoms with Crippen molar-refractivity contribution in [3.05, 3.63) is 64.7 Å². The number of rotatable bonds is 5. The monoisotopic (exact) mass is 440 g/mol. The molecule has 172 valence electrons. The molecule has 0 radical (unpaired) electrons. The molecule has 1 aliphatic carbocycles. The second-order valence-corrected chi connectivity index (χ2v) is 10.3. The fraction of sp³-hybridized carbons (Fsp3) is 0.483. The second kappa shape index (κ2) is 9.71. The van der Waals surface area contributed by atoms with Crippen molar-refractivity contribution in [2.24, 2.45) is 0 Å². The Hall–Kier alpha value is -2.61. The Labute approximate surface area is 198 Å². The number of nitrogens with zero attached hydrogens (tertiary/aromatic N) is 3. The first-order valence-electron chi connectivity index (χ1n) is 12.7. The van der Waals surface area contributed by atoms with E-state index < -0.39 is 0 Å². The summed E-state index contributed by atoms with van der Waals surface area (Å²) in [5.41, 5.74) is 7.25. The zero-order valence-corrected chi connectivity index (χ0v) is 20.1. The van der Waals surface area contributed by atoms with E-state index in [2.05, 4.69) is 71.4 Å². The first-order chi connectivity index (χ1) is 16.1. The molecule has 2 aromatic carbocycles. The fourth-order valence-corrected chi connectivity index (χ4v) is 5.71. The normalized spacial score (nSPS) is 20.1. The molecule has 2 aliphatic heterocycles. The maximum atomic E-state index is 9.19. The number of anilines is 1. The molecule has 5 rings (SSSR count). The Morgan fingerprint density at radius 1 is 0.939 bits per heavy atom. The standard InChI is InChI=1S/C29H36N4/c1-21(2)32-12-8-27(9-13-32)31-28-10-14-33(15-11-28)29-5-3-4-23(19-29)26-17-24-7-6-22(20-30)16-25(24)18-26/h3-7,16,18-19,21,27-28,31H,8-15,17H2,1-2H3. The average Bonchev–Trinajstić information content (AvgIpc) is 3.28. The van der Waals surface area contributed by atoms with Gasteiger partial charge in [0.05, 0.1) is 11.6 Å². The van der Waals surface area contributed by atoms with Crippen molar-refractivity contribution < 1.29 is 0 Å². The SMILES string of the molecule is CC(C)N1CCC(NC2CCN(c3cccc(C4=Cc5cc(C#N)ccc5C4)c3)CC2)CC1. The summed E-state index contributed by atoms with van der Waals surface area (Å²) in [6.07, 6.45) is 8.23. The van der Waals surface area contributed by atoms with Crippen molar-refractivity contribution in [3.8, 4) is 6.07 Å². The van der Waals surface area contributed by atoms with Crippen molar-refractivity contribution in [1.82, 2.24) is 10.2 Å². The summed E-state index contributed by atoms with van der Waals surface area (Å²) < 4.78 is 0. The van der Waals surface area contributed by atoms with Crippen molar-refractivity contribution in [3.63, 3.8) is 0 Å². The summed E-state index contributed by atoms with van der Waals surface area (Å²) in [7, 11) is 0. The van der Waals surface area contributed by atoms with E-state index in [1.165, 1.54) is 66.7 Å². The molecule has 0 saturated carbocycles. The Bertz CT molecular complexity index is 1050. The lowest BCUT2D eigenvalue weighted by Crippen LogP contribution is -2.50. The van der Waals surface area contributed by atoms with E-state index in [1.807, 2.05) is 12.1 Å². The van der Waals surface area contributed by atoms with Gasteiger partial charge in [0, 0.05) is 36.9 Å². The molecule has 2 heterocycles. The van der Waals surface area contributed by atoms with Crippen LogP contribution in [0.4, 0.5) is 5.69 Å². The van der Waals surface area contributed by atoms with Crippen molar-refractivity contribution in [2.45, 2.75) is 64.1 Å². The molecule has 4 heteroatoms. The largest absolute Gasteiger partial charge is 0.371 e. The van der Waals surface area contributed by atoms with Gasteiger partial charge in [0.1, 0.15) is 0 Å². The van der Waals surface area contributed by atoms with Crippen LogP contribution in [0.25, 0.3) is 11.6 Å². The molecule has 1 N–H and O–H groups in total. The highest BCUT2D eigenvalue weighted by Crippen LogP contribution is 2.34. The van der Waals surface area contributed by atoms with E-state index in [1.54, 1.807) is 0 Å². The van der Waals surface area contributed by atoms with E-state index in [9.17, 15) is 5.26 Å². The highest BCUT2D eigenvalue weighted by molar-refractivity contribution is 5.89. The van der Waals surface area contributed by atoms with Crippen LogP contribution in [-0.4, -0.2) is 49.2 Å². The summed E-state index contributed by atoms with van der Waals surface area (Å²) in [5.74, 6) is 0. The van der Waals surface area contributed by atoms with Gasteiger partial charge < -0.3 is 15.1 Å². The van der Waals surface area contributed by atoms with Gasteiger partial charge in [-0.3, -0.25) is 0 Å². The van der Waals surface area contributed by atoms with Crippen molar-refractivity contribution in [2.75, 3.05) is 31.1 Å². The van der Waals surface area contributed by atoms with E-state index in [4.69, 9.17) is 0 Å². The number of fused-ring (bicyclic) bond motifs is 1. The summed E-state index contributed by atoms with van der Waals surface area (Å²) in [5, 5.41) is 13.2. The van der Waals surface area contributed by atoms with Crippen LogP contribution >= 0.6 is 0 Å². The zero-order chi connectivity index (χ0) is 22.8. The topological polar surface area (TPSA) is 42.3 Å². The minimum atomic E-state index is 0.654. The molecule has 0 unspecified atom stereocenters. The number of nitrogens with one attached hydrogen (secondary N) is 1. The van der Waals surface area contributed by atoms with Gasteiger partial charge in [-0.15, -0.1) is 0 Å². The molecule has 0 spiro atoms. The van der Waals surface area contributed by atoms with Gasteiger partial charge in [0.2, 0.25) is 0 Å². The predicted octanol–water partition coefficient (Wildman–Crippen LogP) is 5.09.